The second kappa shape index (κ2) is 10.8. The molecule has 0 spiro atoms. The SMILES string of the molecule is Cc1c(C(=O)Nc2ccc(C3=CCC(N4CCOCC4)CC3)nc2)cnn1-c1ccc(C(C)C)cc1. The number of allylic oxidation sites excluding steroid dienone is 1. The number of ether oxygens (including phenoxy) is 1. The fourth-order valence-corrected chi connectivity index (χ4v) is 5.08. The molecule has 7 heteroatoms. The molecule has 1 saturated heterocycles. The van der Waals surface area contributed by atoms with E-state index in [2.05, 4.69) is 52.4 Å². The average molecular weight is 486 g/mol. The highest BCUT2D eigenvalue weighted by Crippen LogP contribution is 2.29. The van der Waals surface area contributed by atoms with Gasteiger partial charge in [-0.15, -0.1) is 0 Å². The van der Waals surface area contributed by atoms with Crippen LogP contribution in [0.2, 0.25) is 0 Å². The summed E-state index contributed by atoms with van der Waals surface area (Å²) in [5.74, 6) is 0.290. The number of anilines is 1. The van der Waals surface area contributed by atoms with Crippen molar-refractivity contribution in [1.29, 1.82) is 0 Å². The number of nitrogens with zero attached hydrogens (tertiary/aromatic N) is 4. The maximum atomic E-state index is 13.0. The van der Waals surface area contributed by atoms with Crippen LogP contribution in [0, 0.1) is 6.92 Å². The Morgan fingerprint density at radius 3 is 2.50 bits per heavy atom. The molecule has 1 amide bonds. The number of carbonyl (C=O) groups is 1. The van der Waals surface area contributed by atoms with Crippen LogP contribution in [0.15, 0.2) is 54.9 Å². The largest absolute Gasteiger partial charge is 0.379 e. The molecular weight excluding hydrogens is 450 g/mol. The number of hydrogen-bond donors (Lipinski definition) is 1. The molecule has 1 aromatic carbocycles. The second-order valence-corrected chi connectivity index (χ2v) is 9.99. The summed E-state index contributed by atoms with van der Waals surface area (Å²) in [7, 11) is 0. The summed E-state index contributed by atoms with van der Waals surface area (Å²) in [4.78, 5) is 20.2. The van der Waals surface area contributed by atoms with Gasteiger partial charge in [0.1, 0.15) is 0 Å². The van der Waals surface area contributed by atoms with Crippen LogP contribution in [0.3, 0.4) is 0 Å². The molecule has 0 bridgehead atoms. The van der Waals surface area contributed by atoms with Crippen molar-refractivity contribution in [3.8, 4) is 5.69 Å². The van der Waals surface area contributed by atoms with Gasteiger partial charge < -0.3 is 10.1 Å². The van der Waals surface area contributed by atoms with Crippen molar-refractivity contribution in [2.24, 2.45) is 0 Å². The fraction of sp³-hybridized carbons (Fsp3) is 0.414. The quantitative estimate of drug-likeness (QED) is 0.518. The number of pyridine rings is 1. The van der Waals surface area contributed by atoms with Crippen molar-refractivity contribution in [3.63, 3.8) is 0 Å². The van der Waals surface area contributed by atoms with Gasteiger partial charge in [-0.1, -0.05) is 32.1 Å². The third-order valence-electron chi connectivity index (χ3n) is 7.35. The zero-order chi connectivity index (χ0) is 25.1. The summed E-state index contributed by atoms with van der Waals surface area (Å²) < 4.78 is 7.29. The molecule has 36 heavy (non-hydrogen) atoms. The Bertz CT molecular complexity index is 1220. The molecule has 3 heterocycles. The molecule has 3 aromatic rings. The first-order valence-corrected chi connectivity index (χ1v) is 12.9. The van der Waals surface area contributed by atoms with Crippen LogP contribution in [-0.2, 0) is 4.74 Å². The lowest BCUT2D eigenvalue weighted by Gasteiger charge is -2.36. The maximum Gasteiger partial charge on any atom is 0.259 e. The van der Waals surface area contributed by atoms with Gasteiger partial charge in [-0.25, -0.2) is 4.68 Å². The minimum absolute atomic E-state index is 0.183. The lowest BCUT2D eigenvalue weighted by Crippen LogP contribution is -2.43. The lowest BCUT2D eigenvalue weighted by molar-refractivity contribution is 0.0150. The third kappa shape index (κ3) is 5.27. The van der Waals surface area contributed by atoms with Crippen LogP contribution in [0.4, 0.5) is 5.69 Å². The van der Waals surface area contributed by atoms with Crippen LogP contribution in [0.25, 0.3) is 11.3 Å². The third-order valence-corrected chi connectivity index (χ3v) is 7.35. The number of morpholine rings is 1. The Morgan fingerprint density at radius 2 is 1.86 bits per heavy atom. The van der Waals surface area contributed by atoms with Gasteiger partial charge in [0.15, 0.2) is 0 Å². The number of amides is 1. The number of rotatable bonds is 6. The standard InChI is InChI=1S/C29H35N5O2/c1-20(2)22-4-11-26(12-5-22)34-21(3)27(19-31-34)29(35)32-24-8-13-28(30-18-24)23-6-9-25(10-7-23)33-14-16-36-17-15-33/h4-6,8,11-13,18-20,25H,7,9-10,14-17H2,1-3H3,(H,32,35). The van der Waals surface area contributed by atoms with E-state index in [-0.39, 0.29) is 5.91 Å². The van der Waals surface area contributed by atoms with E-state index in [0.29, 0.717) is 23.2 Å². The van der Waals surface area contributed by atoms with E-state index >= 15 is 0 Å². The molecule has 1 unspecified atom stereocenters. The first-order valence-electron chi connectivity index (χ1n) is 12.9. The minimum Gasteiger partial charge on any atom is -0.379 e. The minimum atomic E-state index is -0.183. The Kier molecular flexibility index (Phi) is 7.30. The normalized spacial score (nSPS) is 18.8. The molecule has 2 aliphatic rings. The fourth-order valence-electron chi connectivity index (χ4n) is 5.08. The molecule has 1 atom stereocenters. The van der Waals surface area contributed by atoms with Gasteiger partial charge in [-0.3, -0.25) is 14.7 Å². The smallest absolute Gasteiger partial charge is 0.259 e. The van der Waals surface area contributed by atoms with Crippen LogP contribution in [0.1, 0.15) is 66.3 Å². The highest BCUT2D eigenvalue weighted by molar-refractivity contribution is 6.04. The summed E-state index contributed by atoms with van der Waals surface area (Å²) >= 11 is 0. The first-order chi connectivity index (χ1) is 17.5. The molecular formula is C29H35N5O2. The molecule has 0 radical (unpaired) electrons. The molecule has 1 N–H and O–H groups in total. The van der Waals surface area contributed by atoms with E-state index in [4.69, 9.17) is 4.74 Å². The van der Waals surface area contributed by atoms with Crippen molar-refractivity contribution >= 4 is 17.2 Å². The monoisotopic (exact) mass is 485 g/mol. The zero-order valence-corrected chi connectivity index (χ0v) is 21.4. The predicted octanol–water partition coefficient (Wildman–Crippen LogP) is 5.22. The molecule has 1 aliphatic carbocycles. The van der Waals surface area contributed by atoms with Crippen molar-refractivity contribution < 1.29 is 9.53 Å². The van der Waals surface area contributed by atoms with Gasteiger partial charge in [0.25, 0.3) is 5.91 Å². The Hall–Kier alpha value is -3.29. The Morgan fingerprint density at radius 1 is 1.08 bits per heavy atom. The van der Waals surface area contributed by atoms with Crippen LogP contribution < -0.4 is 5.32 Å². The number of benzene rings is 1. The van der Waals surface area contributed by atoms with Crippen molar-refractivity contribution in [2.45, 2.75) is 52.0 Å². The summed E-state index contributed by atoms with van der Waals surface area (Å²) in [6.45, 7) is 10.0. The molecule has 5 rings (SSSR count). The number of nitrogens with one attached hydrogen (secondary N) is 1. The van der Waals surface area contributed by atoms with Crippen LogP contribution in [0.5, 0.6) is 0 Å². The van der Waals surface area contributed by atoms with E-state index < -0.39 is 0 Å². The van der Waals surface area contributed by atoms with E-state index in [1.807, 2.05) is 31.2 Å². The van der Waals surface area contributed by atoms with E-state index in [9.17, 15) is 4.79 Å². The maximum absolute atomic E-state index is 13.0. The zero-order valence-electron chi connectivity index (χ0n) is 21.4. The first kappa shape index (κ1) is 24.4. The molecule has 7 nitrogen and oxygen atoms in total. The van der Waals surface area contributed by atoms with Gasteiger partial charge in [0.2, 0.25) is 0 Å². The molecule has 1 fully saturated rings. The second-order valence-electron chi connectivity index (χ2n) is 9.99. The van der Waals surface area contributed by atoms with Crippen molar-refractivity contribution in [1.82, 2.24) is 19.7 Å². The summed E-state index contributed by atoms with van der Waals surface area (Å²) in [5.41, 5.74) is 6.53. The molecule has 2 aromatic heterocycles. The van der Waals surface area contributed by atoms with Gasteiger partial charge in [-0.05, 0) is 67.5 Å². The van der Waals surface area contributed by atoms with Gasteiger partial charge in [0.05, 0.1) is 53.9 Å². The summed E-state index contributed by atoms with van der Waals surface area (Å²) in [5, 5.41) is 7.44. The predicted molar refractivity (Wildman–Crippen MR) is 143 cm³/mol. The van der Waals surface area contributed by atoms with Gasteiger partial charge >= 0.3 is 0 Å². The Balaban J connectivity index is 1.22. The Labute approximate surface area is 213 Å². The van der Waals surface area contributed by atoms with Crippen molar-refractivity contribution in [3.05, 3.63) is 77.4 Å². The number of carbonyl (C=O) groups excluding carboxylic acids is 1. The lowest BCUT2D eigenvalue weighted by atomic mass is 9.92. The highest BCUT2D eigenvalue weighted by Gasteiger charge is 2.24. The topological polar surface area (TPSA) is 72.3 Å². The highest BCUT2D eigenvalue weighted by atomic mass is 16.5. The molecule has 0 saturated carbocycles. The van der Waals surface area contributed by atoms with Crippen LogP contribution >= 0.6 is 0 Å². The van der Waals surface area contributed by atoms with E-state index in [0.717, 1.165) is 62.6 Å². The molecule has 188 valence electrons. The number of aromatic nitrogens is 3. The van der Waals surface area contributed by atoms with Gasteiger partial charge in [0, 0.05) is 19.1 Å². The van der Waals surface area contributed by atoms with Crippen LogP contribution in [-0.4, -0.2) is 57.9 Å². The number of hydrogen-bond acceptors (Lipinski definition) is 5. The summed E-state index contributed by atoms with van der Waals surface area (Å²) in [6, 6.07) is 12.8. The van der Waals surface area contributed by atoms with E-state index in [1.54, 1.807) is 17.1 Å². The van der Waals surface area contributed by atoms with E-state index in [1.165, 1.54) is 11.1 Å². The average Bonchev–Trinajstić information content (AvgIpc) is 3.31. The van der Waals surface area contributed by atoms with Crippen molar-refractivity contribution in [2.75, 3.05) is 31.6 Å². The molecule has 1 aliphatic heterocycles. The van der Waals surface area contributed by atoms with Gasteiger partial charge in [-0.2, -0.15) is 5.10 Å². The summed E-state index contributed by atoms with van der Waals surface area (Å²) in [6.07, 6.45) is 8.93.